The molecular weight excluding hydrogens is 254 g/mol. The van der Waals surface area contributed by atoms with Crippen LogP contribution in [0.4, 0.5) is 10.6 Å². The molecule has 0 aromatic carbocycles. The average molecular weight is 277 g/mol. The second-order valence-electron chi connectivity index (χ2n) is 5.21. The van der Waals surface area contributed by atoms with Gasteiger partial charge in [-0.1, -0.05) is 23.8 Å². The molecule has 1 heterocycles. The molecule has 0 radical (unpaired) electrons. The molecule has 0 bridgehead atoms. The summed E-state index contributed by atoms with van der Waals surface area (Å²) >= 11 is 0. The molecule has 0 saturated carbocycles. The Morgan fingerprint density at radius 1 is 1.50 bits per heavy atom. The third-order valence-electron chi connectivity index (χ3n) is 3.46. The first kappa shape index (κ1) is 14.6. The molecule has 6 nitrogen and oxygen atoms in total. The summed E-state index contributed by atoms with van der Waals surface area (Å²) in [6.07, 6.45) is 9.63. The summed E-state index contributed by atoms with van der Waals surface area (Å²) in [5.74, 6) is 0.487. The topological polar surface area (TPSA) is 71.8 Å². The van der Waals surface area contributed by atoms with Gasteiger partial charge in [0.15, 0.2) is 5.82 Å². The molecule has 0 aliphatic heterocycles. The zero-order valence-corrected chi connectivity index (χ0v) is 12.2. The molecule has 20 heavy (non-hydrogen) atoms. The van der Waals surface area contributed by atoms with E-state index in [1.165, 1.54) is 18.4 Å². The van der Waals surface area contributed by atoms with Crippen LogP contribution in [0, 0.1) is 0 Å². The molecule has 1 atom stereocenters. The Hall–Kier alpha value is -1.85. The molecular formula is C14H23N5O. The first-order valence-electron chi connectivity index (χ1n) is 7.35. The van der Waals surface area contributed by atoms with Crippen molar-refractivity contribution >= 4 is 11.8 Å². The first-order valence-corrected chi connectivity index (χ1v) is 7.35. The number of amides is 2. The molecule has 1 unspecified atom stereocenters. The van der Waals surface area contributed by atoms with Crippen molar-refractivity contribution < 1.29 is 4.79 Å². The maximum atomic E-state index is 11.9. The van der Waals surface area contributed by atoms with E-state index in [9.17, 15) is 4.79 Å². The lowest BCUT2D eigenvalue weighted by molar-refractivity contribution is 0.250. The third kappa shape index (κ3) is 4.08. The van der Waals surface area contributed by atoms with Crippen LogP contribution in [0.3, 0.4) is 0 Å². The van der Waals surface area contributed by atoms with E-state index < -0.39 is 0 Å². The van der Waals surface area contributed by atoms with Crippen LogP contribution in [0.2, 0.25) is 0 Å². The Bertz CT molecular complexity index is 480. The number of nitrogens with one attached hydrogen (secondary N) is 2. The molecule has 0 spiro atoms. The Balaban J connectivity index is 1.83. The van der Waals surface area contributed by atoms with E-state index in [2.05, 4.69) is 33.9 Å². The highest BCUT2D eigenvalue weighted by molar-refractivity contribution is 5.88. The van der Waals surface area contributed by atoms with E-state index in [1.54, 1.807) is 10.9 Å². The Kier molecular flexibility index (Phi) is 5.15. The van der Waals surface area contributed by atoms with Crippen LogP contribution in [0.25, 0.3) is 0 Å². The largest absolute Gasteiger partial charge is 0.332 e. The van der Waals surface area contributed by atoms with Crippen molar-refractivity contribution in [2.75, 3.05) is 5.32 Å². The number of carbonyl (C=O) groups is 1. The summed E-state index contributed by atoms with van der Waals surface area (Å²) in [6, 6.07) is -0.159. The predicted octanol–water partition coefficient (Wildman–Crippen LogP) is 2.70. The minimum atomic E-state index is -0.229. The second kappa shape index (κ2) is 7.07. The van der Waals surface area contributed by atoms with Gasteiger partial charge in [0.2, 0.25) is 0 Å². The molecule has 110 valence electrons. The van der Waals surface area contributed by atoms with E-state index in [1.807, 2.05) is 6.92 Å². The molecule has 2 N–H and O–H groups in total. The molecule has 1 aromatic rings. The Morgan fingerprint density at radius 3 is 3.05 bits per heavy atom. The van der Waals surface area contributed by atoms with Crippen molar-refractivity contribution in [3.63, 3.8) is 0 Å². The molecule has 0 saturated heterocycles. The molecule has 1 aliphatic carbocycles. The lowest BCUT2D eigenvalue weighted by Gasteiger charge is -2.20. The number of urea groups is 1. The van der Waals surface area contributed by atoms with E-state index >= 15 is 0 Å². The van der Waals surface area contributed by atoms with Crippen LogP contribution in [0.1, 0.15) is 46.0 Å². The van der Waals surface area contributed by atoms with Gasteiger partial charge < -0.3 is 5.32 Å². The fraction of sp³-hybridized carbons (Fsp3) is 0.643. The zero-order chi connectivity index (χ0) is 14.4. The van der Waals surface area contributed by atoms with Crippen molar-refractivity contribution in [1.82, 2.24) is 20.3 Å². The molecule has 0 fully saturated rings. The van der Waals surface area contributed by atoms with Gasteiger partial charge in [0.1, 0.15) is 0 Å². The summed E-state index contributed by atoms with van der Waals surface area (Å²) in [5.41, 5.74) is 1.32. The van der Waals surface area contributed by atoms with Gasteiger partial charge in [-0.05, 0) is 39.0 Å². The maximum Gasteiger partial charge on any atom is 0.320 e. The molecule has 6 heteroatoms. The summed E-state index contributed by atoms with van der Waals surface area (Å²) in [6.45, 7) is 4.89. The number of rotatable bonds is 5. The number of anilines is 1. The van der Waals surface area contributed by atoms with Crippen molar-refractivity contribution in [2.24, 2.45) is 0 Å². The van der Waals surface area contributed by atoms with Gasteiger partial charge in [-0.2, -0.15) is 0 Å². The van der Waals surface area contributed by atoms with Crippen molar-refractivity contribution in [2.45, 2.75) is 58.5 Å². The van der Waals surface area contributed by atoms with E-state index in [0.29, 0.717) is 5.82 Å². The van der Waals surface area contributed by atoms with Crippen LogP contribution >= 0.6 is 0 Å². The van der Waals surface area contributed by atoms with E-state index in [4.69, 9.17) is 0 Å². The van der Waals surface area contributed by atoms with E-state index in [-0.39, 0.29) is 12.1 Å². The quantitative estimate of drug-likeness (QED) is 0.813. The molecule has 1 aliphatic rings. The standard InChI is InChI=1S/C14H23N5O/c1-3-9-19-10-13(17-18-19)16-14(20)15-11(2)12-7-5-4-6-8-12/h7,10-11H,3-6,8-9H2,1-2H3,(H2,15,16,20). The van der Waals surface area contributed by atoms with Crippen LogP contribution < -0.4 is 10.6 Å². The van der Waals surface area contributed by atoms with Gasteiger partial charge in [0.25, 0.3) is 0 Å². The number of carbonyl (C=O) groups excluding carboxylic acids is 1. The summed E-state index contributed by atoms with van der Waals surface area (Å²) < 4.78 is 1.72. The first-order chi connectivity index (χ1) is 9.69. The SMILES string of the molecule is CCCn1cc(NC(=O)NC(C)C2=CCCCC2)nn1. The minimum Gasteiger partial charge on any atom is -0.332 e. The van der Waals surface area contributed by atoms with E-state index in [0.717, 1.165) is 25.8 Å². The van der Waals surface area contributed by atoms with Crippen LogP contribution in [-0.4, -0.2) is 27.1 Å². The van der Waals surface area contributed by atoms with Crippen LogP contribution in [0.15, 0.2) is 17.8 Å². The molecule has 2 rings (SSSR count). The number of nitrogens with zero attached hydrogens (tertiary/aromatic N) is 3. The molecule has 2 amide bonds. The van der Waals surface area contributed by atoms with Gasteiger partial charge in [-0.3, -0.25) is 10.00 Å². The van der Waals surface area contributed by atoms with Crippen molar-refractivity contribution in [3.05, 3.63) is 17.8 Å². The normalized spacial score (nSPS) is 16.4. The van der Waals surface area contributed by atoms with Gasteiger partial charge in [0.05, 0.1) is 6.20 Å². The van der Waals surface area contributed by atoms with Crippen molar-refractivity contribution in [3.8, 4) is 0 Å². The second-order valence-corrected chi connectivity index (χ2v) is 5.21. The fourth-order valence-electron chi connectivity index (χ4n) is 2.39. The number of allylic oxidation sites excluding steroid dienone is 1. The van der Waals surface area contributed by atoms with Gasteiger partial charge in [-0.25, -0.2) is 4.79 Å². The lowest BCUT2D eigenvalue weighted by Crippen LogP contribution is -2.37. The smallest absolute Gasteiger partial charge is 0.320 e. The minimum absolute atomic E-state index is 0.0704. The van der Waals surface area contributed by atoms with Crippen LogP contribution in [-0.2, 0) is 6.54 Å². The zero-order valence-electron chi connectivity index (χ0n) is 12.2. The summed E-state index contributed by atoms with van der Waals surface area (Å²) in [7, 11) is 0. The highest BCUT2D eigenvalue weighted by atomic mass is 16.2. The number of aromatic nitrogens is 3. The Labute approximate surface area is 119 Å². The lowest BCUT2D eigenvalue weighted by atomic mass is 9.95. The highest BCUT2D eigenvalue weighted by Crippen LogP contribution is 2.20. The van der Waals surface area contributed by atoms with Gasteiger partial charge in [-0.15, -0.1) is 5.10 Å². The number of aryl methyl sites for hydroxylation is 1. The summed E-state index contributed by atoms with van der Waals surface area (Å²) in [4.78, 5) is 11.9. The Morgan fingerprint density at radius 2 is 2.35 bits per heavy atom. The summed E-state index contributed by atoms with van der Waals surface area (Å²) in [5, 5.41) is 13.5. The van der Waals surface area contributed by atoms with Gasteiger partial charge >= 0.3 is 6.03 Å². The van der Waals surface area contributed by atoms with Gasteiger partial charge in [0, 0.05) is 12.6 Å². The third-order valence-corrected chi connectivity index (χ3v) is 3.46. The monoisotopic (exact) mass is 277 g/mol. The van der Waals surface area contributed by atoms with Crippen molar-refractivity contribution in [1.29, 1.82) is 0 Å². The highest BCUT2D eigenvalue weighted by Gasteiger charge is 2.14. The number of hydrogen-bond acceptors (Lipinski definition) is 3. The number of hydrogen-bond donors (Lipinski definition) is 2. The maximum absolute atomic E-state index is 11.9. The molecule has 1 aromatic heterocycles. The predicted molar refractivity (Wildman–Crippen MR) is 78.5 cm³/mol. The van der Waals surface area contributed by atoms with Crippen LogP contribution in [0.5, 0.6) is 0 Å². The fourth-order valence-corrected chi connectivity index (χ4v) is 2.39. The average Bonchev–Trinajstić information content (AvgIpc) is 2.87.